The molecule has 1 atom stereocenters. The second-order valence-electron chi connectivity index (χ2n) is 4.29. The van der Waals surface area contributed by atoms with Gasteiger partial charge in [0.15, 0.2) is 5.75 Å². The van der Waals surface area contributed by atoms with Crippen LogP contribution < -0.4 is 9.47 Å². The molecule has 1 aromatic carbocycles. The van der Waals surface area contributed by atoms with Crippen molar-refractivity contribution in [3.05, 3.63) is 42.1 Å². The molecule has 3 rings (SSSR count). The van der Waals surface area contributed by atoms with Crippen molar-refractivity contribution in [1.82, 2.24) is 4.98 Å². The monoisotopic (exact) mass is 291 g/mol. The average Bonchev–Trinajstić information content (AvgIpc) is 2.48. The molecule has 2 aromatic rings. The Kier molecular flexibility index (Phi) is 3.56. The molecular weight excluding hydrogens is 278 g/mol. The fourth-order valence-corrected chi connectivity index (χ4v) is 2.90. The molecule has 0 amide bonds. The summed E-state index contributed by atoms with van der Waals surface area (Å²) in [4.78, 5) is 4.96. The van der Waals surface area contributed by atoms with Crippen LogP contribution in [0.4, 0.5) is 0 Å². The molecule has 1 aliphatic heterocycles. The van der Waals surface area contributed by atoms with Crippen LogP contribution in [0, 0.1) is 0 Å². The number of hydrogen-bond acceptors (Lipinski definition) is 5. The van der Waals surface area contributed by atoms with E-state index in [-0.39, 0.29) is 5.75 Å². The topological polar surface area (TPSA) is 68.7 Å². The van der Waals surface area contributed by atoms with Crippen LogP contribution in [0.15, 0.2) is 41.3 Å². The predicted octanol–water partition coefficient (Wildman–Crippen LogP) is 1.87. The molecule has 5 nitrogen and oxygen atoms in total. The number of benzene rings is 1. The van der Waals surface area contributed by atoms with E-state index in [9.17, 15) is 9.32 Å². The van der Waals surface area contributed by atoms with Crippen LogP contribution in [-0.4, -0.2) is 27.5 Å². The van der Waals surface area contributed by atoms with Crippen molar-refractivity contribution in [1.29, 1.82) is 0 Å². The zero-order chi connectivity index (χ0) is 13.9. The zero-order valence-corrected chi connectivity index (χ0v) is 11.4. The first-order valence-electron chi connectivity index (χ1n) is 6.15. The summed E-state index contributed by atoms with van der Waals surface area (Å²) in [5.74, 6) is 1.52. The molecule has 0 saturated heterocycles. The smallest absolute Gasteiger partial charge is 0.257 e. The van der Waals surface area contributed by atoms with Crippen LogP contribution >= 0.6 is 0 Å². The van der Waals surface area contributed by atoms with Gasteiger partial charge in [-0.3, -0.25) is 4.21 Å². The van der Waals surface area contributed by atoms with Crippen LogP contribution in [0.25, 0.3) is 0 Å². The Morgan fingerprint density at radius 1 is 1.10 bits per heavy atom. The molecule has 0 aliphatic carbocycles. The summed E-state index contributed by atoms with van der Waals surface area (Å²) in [6.45, 7) is 0.998. The molecule has 0 spiro atoms. The SMILES string of the molecule is O=S(Cc1ccc2c(n1)OCCO2)c1ccc(O)cc1. The van der Waals surface area contributed by atoms with Crippen LogP contribution in [0.5, 0.6) is 17.4 Å². The first-order chi connectivity index (χ1) is 9.72. The van der Waals surface area contributed by atoms with E-state index >= 15 is 0 Å². The molecule has 0 bridgehead atoms. The maximum absolute atomic E-state index is 12.2. The Labute approximate surface area is 118 Å². The molecule has 1 aliphatic rings. The number of ether oxygens (including phenoxy) is 2. The van der Waals surface area contributed by atoms with Gasteiger partial charge in [-0.15, -0.1) is 0 Å². The Bertz CT molecular complexity index is 642. The van der Waals surface area contributed by atoms with Crippen molar-refractivity contribution in [3.8, 4) is 17.4 Å². The standard InChI is InChI=1S/C14H13NO4S/c16-11-2-4-12(5-3-11)20(17)9-10-1-6-13-14(15-10)19-8-7-18-13/h1-6,16H,7-9H2. The third-order valence-corrected chi connectivity index (χ3v) is 4.20. The maximum Gasteiger partial charge on any atom is 0.257 e. The van der Waals surface area contributed by atoms with Crippen LogP contribution in [0.1, 0.15) is 5.69 Å². The summed E-state index contributed by atoms with van der Waals surface area (Å²) in [5, 5.41) is 9.22. The Morgan fingerprint density at radius 2 is 1.85 bits per heavy atom. The number of aromatic nitrogens is 1. The van der Waals surface area contributed by atoms with E-state index in [1.807, 2.05) is 0 Å². The number of fused-ring (bicyclic) bond motifs is 1. The number of hydrogen-bond donors (Lipinski definition) is 1. The molecule has 0 saturated carbocycles. The highest BCUT2D eigenvalue weighted by atomic mass is 32.2. The summed E-state index contributed by atoms with van der Waals surface area (Å²) < 4.78 is 23.0. The number of phenolic OH excluding ortho intramolecular Hbond substituents is 1. The van der Waals surface area contributed by atoms with E-state index in [4.69, 9.17) is 9.47 Å². The van der Waals surface area contributed by atoms with E-state index in [0.717, 1.165) is 0 Å². The lowest BCUT2D eigenvalue weighted by atomic mass is 10.3. The van der Waals surface area contributed by atoms with Gasteiger partial charge in [-0.05, 0) is 36.4 Å². The largest absolute Gasteiger partial charge is 0.508 e. The second kappa shape index (κ2) is 5.50. The predicted molar refractivity (Wildman–Crippen MR) is 73.4 cm³/mol. The van der Waals surface area contributed by atoms with Crippen LogP contribution in [-0.2, 0) is 16.6 Å². The van der Waals surface area contributed by atoms with Gasteiger partial charge in [-0.2, -0.15) is 0 Å². The van der Waals surface area contributed by atoms with E-state index < -0.39 is 10.8 Å². The summed E-state index contributed by atoms with van der Waals surface area (Å²) in [5.41, 5.74) is 0.681. The molecular formula is C14H13NO4S. The van der Waals surface area contributed by atoms with E-state index in [1.165, 1.54) is 12.1 Å². The van der Waals surface area contributed by atoms with Crippen LogP contribution in [0.3, 0.4) is 0 Å². The Balaban J connectivity index is 1.77. The minimum Gasteiger partial charge on any atom is -0.508 e. The Hall–Kier alpha value is -2.08. The minimum atomic E-state index is -1.21. The normalized spacial score (nSPS) is 14.8. The first-order valence-corrected chi connectivity index (χ1v) is 7.47. The Morgan fingerprint density at radius 3 is 2.65 bits per heavy atom. The van der Waals surface area contributed by atoms with Gasteiger partial charge in [0.2, 0.25) is 0 Å². The summed E-state index contributed by atoms with van der Waals surface area (Å²) in [6.07, 6.45) is 0. The van der Waals surface area contributed by atoms with Crippen LogP contribution in [0.2, 0.25) is 0 Å². The molecule has 1 unspecified atom stereocenters. The lowest BCUT2D eigenvalue weighted by molar-refractivity contribution is 0.164. The van der Waals surface area contributed by atoms with Crippen molar-refractivity contribution in [3.63, 3.8) is 0 Å². The van der Waals surface area contributed by atoms with Gasteiger partial charge in [0.1, 0.15) is 19.0 Å². The quantitative estimate of drug-likeness (QED) is 0.935. The van der Waals surface area contributed by atoms with E-state index in [1.54, 1.807) is 24.3 Å². The van der Waals surface area contributed by atoms with Gasteiger partial charge >= 0.3 is 0 Å². The van der Waals surface area contributed by atoms with Gasteiger partial charge in [-0.25, -0.2) is 4.98 Å². The molecule has 0 fully saturated rings. The minimum absolute atomic E-state index is 0.156. The average molecular weight is 291 g/mol. The molecule has 6 heteroatoms. The highest BCUT2D eigenvalue weighted by molar-refractivity contribution is 7.84. The van der Waals surface area contributed by atoms with Crippen molar-refractivity contribution in [2.75, 3.05) is 13.2 Å². The van der Waals surface area contributed by atoms with Gasteiger partial charge < -0.3 is 14.6 Å². The van der Waals surface area contributed by atoms with Gasteiger partial charge in [-0.1, -0.05) is 0 Å². The molecule has 0 radical (unpaired) electrons. The summed E-state index contributed by atoms with van der Waals surface area (Å²) >= 11 is 0. The molecule has 104 valence electrons. The lowest BCUT2D eigenvalue weighted by Gasteiger charge is -2.17. The van der Waals surface area contributed by atoms with Crippen molar-refractivity contribution in [2.24, 2.45) is 0 Å². The van der Waals surface area contributed by atoms with E-state index in [0.29, 0.717) is 41.2 Å². The van der Waals surface area contributed by atoms with Crippen molar-refractivity contribution >= 4 is 10.8 Å². The van der Waals surface area contributed by atoms with Crippen molar-refractivity contribution < 1.29 is 18.8 Å². The van der Waals surface area contributed by atoms with Gasteiger partial charge in [0.25, 0.3) is 5.88 Å². The number of aromatic hydroxyl groups is 1. The third-order valence-electron chi connectivity index (χ3n) is 2.84. The molecule has 2 heterocycles. The fourth-order valence-electron chi connectivity index (χ4n) is 1.87. The van der Waals surface area contributed by atoms with E-state index in [2.05, 4.69) is 4.98 Å². The number of nitrogens with zero attached hydrogens (tertiary/aromatic N) is 1. The maximum atomic E-state index is 12.2. The highest BCUT2D eigenvalue weighted by Crippen LogP contribution is 2.28. The van der Waals surface area contributed by atoms with Crippen molar-refractivity contribution in [2.45, 2.75) is 10.6 Å². The second-order valence-corrected chi connectivity index (χ2v) is 5.74. The number of pyridine rings is 1. The molecule has 1 aromatic heterocycles. The number of phenols is 1. The van der Waals surface area contributed by atoms with Gasteiger partial charge in [0, 0.05) is 4.90 Å². The third kappa shape index (κ3) is 2.75. The molecule has 20 heavy (non-hydrogen) atoms. The van der Waals surface area contributed by atoms with Gasteiger partial charge in [0.05, 0.1) is 22.2 Å². The highest BCUT2D eigenvalue weighted by Gasteiger charge is 2.15. The molecule has 1 N–H and O–H groups in total. The summed E-state index contributed by atoms with van der Waals surface area (Å²) in [6, 6.07) is 9.89. The first kappa shape index (κ1) is 12.9. The fraction of sp³-hybridized carbons (Fsp3) is 0.214. The zero-order valence-electron chi connectivity index (χ0n) is 10.6. The number of rotatable bonds is 3. The lowest BCUT2D eigenvalue weighted by Crippen LogP contribution is -2.16. The summed E-state index contributed by atoms with van der Waals surface area (Å²) in [7, 11) is -1.21.